The van der Waals surface area contributed by atoms with Gasteiger partial charge in [-0.3, -0.25) is 4.90 Å². The first-order chi connectivity index (χ1) is 11.6. The van der Waals surface area contributed by atoms with Crippen molar-refractivity contribution in [2.45, 2.75) is 33.1 Å². The van der Waals surface area contributed by atoms with Crippen molar-refractivity contribution in [2.24, 2.45) is 0 Å². The molecule has 3 rings (SSSR count). The van der Waals surface area contributed by atoms with Gasteiger partial charge < -0.3 is 4.57 Å². The quantitative estimate of drug-likeness (QED) is 0.644. The lowest BCUT2D eigenvalue weighted by atomic mass is 10.1. The Kier molecular flexibility index (Phi) is 4.86. The SMILES string of the molecule is CCn1cnn(CN(C)[C@@H](C)c2ccc(-n3cncn3)cc2)c1=S. The van der Waals surface area contributed by atoms with Crippen molar-refractivity contribution in [3.8, 4) is 5.69 Å². The minimum Gasteiger partial charge on any atom is -0.307 e. The molecule has 1 atom stereocenters. The van der Waals surface area contributed by atoms with E-state index < -0.39 is 0 Å². The molecule has 0 aliphatic rings. The molecule has 0 saturated carbocycles. The highest BCUT2D eigenvalue weighted by Gasteiger charge is 2.13. The highest BCUT2D eigenvalue weighted by molar-refractivity contribution is 7.71. The molecular formula is C16H21N7S. The Morgan fingerprint density at radius 3 is 2.50 bits per heavy atom. The van der Waals surface area contributed by atoms with Gasteiger partial charge in [0, 0.05) is 12.6 Å². The first-order valence-electron chi connectivity index (χ1n) is 7.87. The zero-order valence-electron chi connectivity index (χ0n) is 14.1. The molecule has 24 heavy (non-hydrogen) atoms. The van der Waals surface area contributed by atoms with E-state index in [0.717, 1.165) is 17.0 Å². The maximum atomic E-state index is 5.43. The highest BCUT2D eigenvalue weighted by Crippen LogP contribution is 2.20. The molecule has 0 unspecified atom stereocenters. The second-order valence-electron chi connectivity index (χ2n) is 5.71. The van der Waals surface area contributed by atoms with Gasteiger partial charge in [0.1, 0.15) is 19.0 Å². The Hall–Kier alpha value is -2.32. The van der Waals surface area contributed by atoms with Gasteiger partial charge in [0.2, 0.25) is 0 Å². The van der Waals surface area contributed by atoms with E-state index in [0.29, 0.717) is 6.67 Å². The Balaban J connectivity index is 1.72. The van der Waals surface area contributed by atoms with Crippen LogP contribution >= 0.6 is 12.2 Å². The van der Waals surface area contributed by atoms with E-state index in [-0.39, 0.29) is 6.04 Å². The summed E-state index contributed by atoms with van der Waals surface area (Å²) in [6, 6.07) is 8.56. The highest BCUT2D eigenvalue weighted by atomic mass is 32.1. The van der Waals surface area contributed by atoms with E-state index in [1.54, 1.807) is 17.3 Å². The molecule has 8 heteroatoms. The van der Waals surface area contributed by atoms with Crippen LogP contribution in [0, 0.1) is 4.77 Å². The summed E-state index contributed by atoms with van der Waals surface area (Å²) >= 11 is 5.43. The van der Waals surface area contributed by atoms with Gasteiger partial charge in [-0.15, -0.1) is 0 Å². The molecule has 7 nitrogen and oxygen atoms in total. The number of hydrogen-bond donors (Lipinski definition) is 0. The number of rotatable bonds is 6. The van der Waals surface area contributed by atoms with Gasteiger partial charge >= 0.3 is 0 Å². The van der Waals surface area contributed by atoms with Gasteiger partial charge in [0.05, 0.1) is 12.4 Å². The van der Waals surface area contributed by atoms with Crippen LogP contribution in [-0.4, -0.2) is 41.1 Å². The van der Waals surface area contributed by atoms with Crippen LogP contribution in [0.15, 0.2) is 43.2 Å². The monoisotopic (exact) mass is 343 g/mol. The second kappa shape index (κ2) is 7.06. The topological polar surface area (TPSA) is 56.7 Å². The van der Waals surface area contributed by atoms with Crippen LogP contribution in [0.2, 0.25) is 0 Å². The van der Waals surface area contributed by atoms with Crippen LogP contribution < -0.4 is 0 Å². The molecule has 0 aliphatic heterocycles. The summed E-state index contributed by atoms with van der Waals surface area (Å²) in [5.74, 6) is 0. The van der Waals surface area contributed by atoms with E-state index in [9.17, 15) is 0 Å². The summed E-state index contributed by atoms with van der Waals surface area (Å²) in [5.41, 5.74) is 2.22. The van der Waals surface area contributed by atoms with E-state index >= 15 is 0 Å². The van der Waals surface area contributed by atoms with Crippen LogP contribution in [0.4, 0.5) is 0 Å². The number of hydrogen-bond acceptors (Lipinski definition) is 5. The van der Waals surface area contributed by atoms with Crippen LogP contribution in [0.5, 0.6) is 0 Å². The third-order valence-corrected chi connectivity index (χ3v) is 4.66. The van der Waals surface area contributed by atoms with Crippen molar-refractivity contribution in [2.75, 3.05) is 7.05 Å². The average Bonchev–Trinajstić information content (AvgIpc) is 3.25. The second-order valence-corrected chi connectivity index (χ2v) is 6.07. The fourth-order valence-corrected chi connectivity index (χ4v) is 2.80. The van der Waals surface area contributed by atoms with Crippen LogP contribution in [-0.2, 0) is 13.2 Å². The minimum absolute atomic E-state index is 0.239. The van der Waals surface area contributed by atoms with Crippen molar-refractivity contribution in [3.05, 3.63) is 53.6 Å². The molecule has 0 aliphatic carbocycles. The van der Waals surface area contributed by atoms with E-state index in [2.05, 4.69) is 53.1 Å². The van der Waals surface area contributed by atoms with E-state index in [4.69, 9.17) is 12.2 Å². The summed E-state index contributed by atoms with van der Waals surface area (Å²) in [7, 11) is 2.07. The lowest BCUT2D eigenvalue weighted by Crippen LogP contribution is -2.26. The van der Waals surface area contributed by atoms with Crippen molar-refractivity contribution in [3.63, 3.8) is 0 Å². The van der Waals surface area contributed by atoms with E-state index in [1.165, 1.54) is 11.9 Å². The Bertz CT molecular complexity index is 832. The van der Waals surface area contributed by atoms with Gasteiger partial charge in [0.15, 0.2) is 4.77 Å². The molecule has 0 fully saturated rings. The van der Waals surface area contributed by atoms with Crippen molar-refractivity contribution < 1.29 is 0 Å². The van der Waals surface area contributed by atoms with Gasteiger partial charge in [-0.05, 0) is 50.8 Å². The molecule has 0 spiro atoms. The van der Waals surface area contributed by atoms with Crippen molar-refractivity contribution in [1.82, 2.24) is 34.0 Å². The van der Waals surface area contributed by atoms with E-state index in [1.807, 2.05) is 21.4 Å². The number of benzene rings is 1. The average molecular weight is 343 g/mol. The van der Waals surface area contributed by atoms with Crippen LogP contribution in [0.25, 0.3) is 5.69 Å². The number of aryl methyl sites for hydroxylation is 1. The normalized spacial score (nSPS) is 12.7. The zero-order valence-corrected chi connectivity index (χ0v) is 14.9. The van der Waals surface area contributed by atoms with Crippen LogP contribution in [0.3, 0.4) is 0 Å². The van der Waals surface area contributed by atoms with Crippen molar-refractivity contribution >= 4 is 12.2 Å². The molecule has 2 aromatic heterocycles. The van der Waals surface area contributed by atoms with Crippen LogP contribution in [0.1, 0.15) is 25.5 Å². The van der Waals surface area contributed by atoms with Gasteiger partial charge in [-0.2, -0.15) is 10.2 Å². The Morgan fingerprint density at radius 1 is 1.17 bits per heavy atom. The molecule has 2 heterocycles. The summed E-state index contributed by atoms with van der Waals surface area (Å²) in [4.78, 5) is 6.19. The molecule has 0 radical (unpaired) electrons. The molecular weight excluding hydrogens is 322 g/mol. The van der Waals surface area contributed by atoms with Gasteiger partial charge in [-0.1, -0.05) is 12.1 Å². The summed E-state index contributed by atoms with van der Waals surface area (Å²) < 4.78 is 6.30. The molecule has 0 N–H and O–H groups in total. The predicted molar refractivity (Wildman–Crippen MR) is 94.3 cm³/mol. The lowest BCUT2D eigenvalue weighted by molar-refractivity contribution is 0.194. The molecule has 3 aromatic rings. The zero-order chi connectivity index (χ0) is 17.1. The molecule has 126 valence electrons. The number of nitrogens with zero attached hydrogens (tertiary/aromatic N) is 7. The lowest BCUT2D eigenvalue weighted by Gasteiger charge is -2.25. The molecule has 0 saturated heterocycles. The summed E-state index contributed by atoms with van der Waals surface area (Å²) in [6.07, 6.45) is 5.01. The summed E-state index contributed by atoms with van der Waals surface area (Å²) in [6.45, 7) is 5.72. The third-order valence-electron chi connectivity index (χ3n) is 4.21. The molecule has 0 bridgehead atoms. The first kappa shape index (κ1) is 16.5. The molecule has 0 amide bonds. The first-order valence-corrected chi connectivity index (χ1v) is 8.28. The smallest absolute Gasteiger partial charge is 0.198 e. The number of aromatic nitrogens is 6. The Labute approximate surface area is 146 Å². The fraction of sp³-hybridized carbons (Fsp3) is 0.375. The van der Waals surface area contributed by atoms with Gasteiger partial charge in [-0.25, -0.2) is 14.3 Å². The van der Waals surface area contributed by atoms with Crippen molar-refractivity contribution in [1.29, 1.82) is 0 Å². The minimum atomic E-state index is 0.239. The van der Waals surface area contributed by atoms with Gasteiger partial charge in [0.25, 0.3) is 0 Å². The molecule has 1 aromatic carbocycles. The maximum Gasteiger partial charge on any atom is 0.198 e. The maximum absolute atomic E-state index is 5.43. The predicted octanol–water partition coefficient (Wildman–Crippen LogP) is 2.67. The Morgan fingerprint density at radius 2 is 1.92 bits per heavy atom. The fourth-order valence-electron chi connectivity index (χ4n) is 2.52. The summed E-state index contributed by atoms with van der Waals surface area (Å²) in [5, 5.41) is 8.51. The standard InChI is InChI=1S/C16H21N7S/c1-4-21-11-19-23(16(21)24)12-20(3)13(2)14-5-7-15(8-6-14)22-10-17-9-18-22/h5-11,13H,4,12H2,1-3H3/t13-/m0/s1. The largest absolute Gasteiger partial charge is 0.307 e. The third kappa shape index (κ3) is 3.29.